The van der Waals surface area contributed by atoms with Crippen LogP contribution in [0.15, 0.2) is 30.3 Å². The molecule has 3 aromatic rings. The molecule has 0 aliphatic heterocycles. The lowest BCUT2D eigenvalue weighted by atomic mass is 10.0. The Morgan fingerprint density at radius 2 is 1.88 bits per heavy atom. The van der Waals surface area contributed by atoms with Crippen molar-refractivity contribution in [3.63, 3.8) is 0 Å². The molecule has 1 amide bonds. The number of thiophene rings is 1. The summed E-state index contributed by atoms with van der Waals surface area (Å²) >= 11 is 1.29. The van der Waals surface area contributed by atoms with Gasteiger partial charge >= 0.3 is 0 Å². The summed E-state index contributed by atoms with van der Waals surface area (Å²) in [4.78, 5) is 13.4. The van der Waals surface area contributed by atoms with Crippen LogP contribution in [-0.2, 0) is 11.3 Å². The van der Waals surface area contributed by atoms with E-state index in [1.165, 1.54) is 17.4 Å². The van der Waals surface area contributed by atoms with E-state index in [4.69, 9.17) is 4.74 Å². The van der Waals surface area contributed by atoms with Crippen molar-refractivity contribution in [1.29, 1.82) is 0 Å². The van der Waals surface area contributed by atoms with Crippen LogP contribution >= 0.6 is 11.3 Å². The Balaban J connectivity index is 2.06. The van der Waals surface area contributed by atoms with E-state index in [1.807, 2.05) is 39.0 Å². The summed E-state index contributed by atoms with van der Waals surface area (Å²) < 4.78 is 20.2. The van der Waals surface area contributed by atoms with Gasteiger partial charge in [0.1, 0.15) is 5.82 Å². The second-order valence-corrected chi connectivity index (χ2v) is 7.24. The number of methoxy groups -OCH3 is 1. The standard InChI is InChI=1S/C20H20FNO2S/c1-11-8-12(2)18(13(3)9-11)22-20(23)19-14(10-24-4)17-15(21)6-5-7-16(17)25-19/h5-9H,10H2,1-4H3,(H,22,23). The summed E-state index contributed by atoms with van der Waals surface area (Å²) in [6, 6.07) is 8.94. The second kappa shape index (κ2) is 6.94. The number of hydrogen-bond acceptors (Lipinski definition) is 3. The number of rotatable bonds is 4. The number of halogens is 1. The third-order valence-corrected chi connectivity index (χ3v) is 5.37. The fourth-order valence-corrected chi connectivity index (χ4v) is 4.30. The Bertz CT molecular complexity index is 939. The molecule has 0 bridgehead atoms. The van der Waals surface area contributed by atoms with E-state index in [0.29, 0.717) is 15.8 Å². The predicted molar refractivity (Wildman–Crippen MR) is 101 cm³/mol. The van der Waals surface area contributed by atoms with Crippen LogP contribution in [0.4, 0.5) is 10.1 Å². The number of aryl methyl sites for hydroxylation is 3. The minimum atomic E-state index is -0.331. The van der Waals surface area contributed by atoms with E-state index in [0.717, 1.165) is 27.1 Å². The molecular formula is C20H20FNO2S. The highest BCUT2D eigenvalue weighted by Gasteiger charge is 2.21. The van der Waals surface area contributed by atoms with Crippen LogP contribution in [0, 0.1) is 26.6 Å². The summed E-state index contributed by atoms with van der Waals surface area (Å²) in [7, 11) is 1.54. The summed E-state index contributed by atoms with van der Waals surface area (Å²) in [6.45, 7) is 6.15. The number of nitrogens with one attached hydrogen (secondary N) is 1. The molecule has 0 unspecified atom stereocenters. The van der Waals surface area contributed by atoms with Crippen molar-refractivity contribution < 1.29 is 13.9 Å². The van der Waals surface area contributed by atoms with Crippen LogP contribution < -0.4 is 5.32 Å². The number of amides is 1. The lowest BCUT2D eigenvalue weighted by Gasteiger charge is -2.13. The summed E-state index contributed by atoms with van der Waals surface area (Å²) in [5, 5.41) is 3.46. The summed E-state index contributed by atoms with van der Waals surface area (Å²) in [5.41, 5.74) is 4.56. The van der Waals surface area contributed by atoms with E-state index < -0.39 is 0 Å². The fourth-order valence-electron chi connectivity index (χ4n) is 3.18. The first-order valence-corrected chi connectivity index (χ1v) is 8.82. The number of fused-ring (bicyclic) bond motifs is 1. The third-order valence-electron chi connectivity index (χ3n) is 4.17. The average Bonchev–Trinajstić information content (AvgIpc) is 2.91. The molecule has 1 N–H and O–H groups in total. The number of carbonyl (C=O) groups is 1. The highest BCUT2D eigenvalue weighted by atomic mass is 32.1. The predicted octanol–water partition coefficient (Wildman–Crippen LogP) is 5.36. The molecule has 0 radical (unpaired) electrons. The van der Waals surface area contributed by atoms with Crippen molar-refractivity contribution >= 4 is 33.0 Å². The van der Waals surface area contributed by atoms with Crippen LogP contribution in [0.25, 0.3) is 10.1 Å². The maximum absolute atomic E-state index is 14.3. The van der Waals surface area contributed by atoms with E-state index in [9.17, 15) is 9.18 Å². The van der Waals surface area contributed by atoms with Gasteiger partial charge in [-0.15, -0.1) is 11.3 Å². The zero-order chi connectivity index (χ0) is 18.1. The van der Waals surface area contributed by atoms with Crippen LogP contribution in [0.3, 0.4) is 0 Å². The van der Waals surface area contributed by atoms with E-state index >= 15 is 0 Å². The van der Waals surface area contributed by atoms with Gasteiger partial charge < -0.3 is 10.1 Å². The minimum Gasteiger partial charge on any atom is -0.380 e. The first kappa shape index (κ1) is 17.6. The van der Waals surface area contributed by atoms with Crippen molar-refractivity contribution in [1.82, 2.24) is 0 Å². The molecule has 0 saturated carbocycles. The molecule has 0 spiro atoms. The fraction of sp³-hybridized carbons (Fsp3) is 0.250. The first-order valence-electron chi connectivity index (χ1n) is 8.00. The molecule has 1 heterocycles. The average molecular weight is 357 g/mol. The van der Waals surface area contributed by atoms with Gasteiger partial charge in [-0.2, -0.15) is 0 Å². The highest BCUT2D eigenvalue weighted by molar-refractivity contribution is 7.21. The summed E-state index contributed by atoms with van der Waals surface area (Å²) in [6.07, 6.45) is 0. The van der Waals surface area contributed by atoms with Crippen LogP contribution in [0.5, 0.6) is 0 Å². The zero-order valence-corrected chi connectivity index (χ0v) is 15.5. The SMILES string of the molecule is COCc1c(C(=O)Nc2c(C)cc(C)cc2C)sc2cccc(F)c12. The molecule has 3 rings (SSSR count). The van der Waals surface area contributed by atoms with Crippen LogP contribution in [-0.4, -0.2) is 13.0 Å². The molecule has 0 fully saturated rings. The van der Waals surface area contributed by atoms with E-state index in [1.54, 1.807) is 13.2 Å². The molecule has 2 aromatic carbocycles. The topological polar surface area (TPSA) is 38.3 Å². The number of ether oxygens (including phenoxy) is 1. The van der Waals surface area contributed by atoms with Gasteiger partial charge in [0.15, 0.2) is 0 Å². The van der Waals surface area contributed by atoms with Crippen LogP contribution in [0.1, 0.15) is 31.9 Å². The Morgan fingerprint density at radius 3 is 2.52 bits per heavy atom. The molecule has 3 nitrogen and oxygen atoms in total. The minimum absolute atomic E-state index is 0.190. The number of anilines is 1. The van der Waals surface area contributed by atoms with Crippen molar-refractivity contribution in [3.05, 3.63) is 63.3 Å². The summed E-state index contributed by atoms with van der Waals surface area (Å²) in [5.74, 6) is -0.565. The third kappa shape index (κ3) is 3.30. The van der Waals surface area contributed by atoms with Crippen molar-refractivity contribution in [2.24, 2.45) is 0 Å². The van der Waals surface area contributed by atoms with Crippen molar-refractivity contribution in [2.45, 2.75) is 27.4 Å². The molecule has 0 aliphatic rings. The highest BCUT2D eigenvalue weighted by Crippen LogP contribution is 2.34. The van der Waals surface area contributed by atoms with Gasteiger partial charge in [-0.1, -0.05) is 23.8 Å². The molecule has 25 heavy (non-hydrogen) atoms. The molecular weight excluding hydrogens is 337 g/mol. The molecule has 0 saturated heterocycles. The molecule has 0 atom stereocenters. The Kier molecular flexibility index (Phi) is 4.88. The van der Waals surface area contributed by atoms with Crippen molar-refractivity contribution in [2.75, 3.05) is 12.4 Å². The lowest BCUT2D eigenvalue weighted by molar-refractivity contribution is 0.102. The van der Waals surface area contributed by atoms with Gasteiger partial charge in [-0.25, -0.2) is 4.39 Å². The zero-order valence-electron chi connectivity index (χ0n) is 14.7. The van der Waals surface area contributed by atoms with Gasteiger partial charge in [-0.05, 0) is 44.0 Å². The smallest absolute Gasteiger partial charge is 0.266 e. The Hall–Kier alpha value is -2.24. The first-order chi connectivity index (χ1) is 11.9. The maximum Gasteiger partial charge on any atom is 0.266 e. The maximum atomic E-state index is 14.3. The van der Waals surface area contributed by atoms with Crippen molar-refractivity contribution in [3.8, 4) is 0 Å². The van der Waals surface area contributed by atoms with Crippen LogP contribution in [0.2, 0.25) is 0 Å². The van der Waals surface area contributed by atoms with E-state index in [2.05, 4.69) is 5.32 Å². The second-order valence-electron chi connectivity index (χ2n) is 6.18. The van der Waals surface area contributed by atoms with Gasteiger partial charge in [0.25, 0.3) is 5.91 Å². The lowest BCUT2D eigenvalue weighted by Crippen LogP contribution is -2.14. The molecule has 1 aromatic heterocycles. The van der Waals surface area contributed by atoms with Gasteiger partial charge in [0, 0.05) is 28.4 Å². The molecule has 0 aliphatic carbocycles. The number of benzene rings is 2. The van der Waals surface area contributed by atoms with E-state index in [-0.39, 0.29) is 18.3 Å². The number of carbonyl (C=O) groups excluding carboxylic acids is 1. The molecule has 5 heteroatoms. The largest absolute Gasteiger partial charge is 0.380 e. The Morgan fingerprint density at radius 1 is 1.20 bits per heavy atom. The van der Waals surface area contributed by atoms with Gasteiger partial charge in [0.05, 0.1) is 11.5 Å². The quantitative estimate of drug-likeness (QED) is 0.682. The molecule has 130 valence electrons. The Labute approximate surface area is 150 Å². The van der Waals surface area contributed by atoms with Gasteiger partial charge in [0.2, 0.25) is 0 Å². The van der Waals surface area contributed by atoms with Gasteiger partial charge in [-0.3, -0.25) is 4.79 Å². The normalized spacial score (nSPS) is 11.1. The monoisotopic (exact) mass is 357 g/mol. The number of hydrogen-bond donors (Lipinski definition) is 1.